The summed E-state index contributed by atoms with van der Waals surface area (Å²) in [6, 6.07) is 39.0. The van der Waals surface area contributed by atoms with Crippen LogP contribution < -0.4 is 4.90 Å². The molecule has 0 radical (unpaired) electrons. The predicted molar refractivity (Wildman–Crippen MR) is 198 cm³/mol. The number of amides is 2. The maximum atomic E-state index is 14.4. The fourth-order valence-corrected chi connectivity index (χ4v) is 8.78. The summed E-state index contributed by atoms with van der Waals surface area (Å²) >= 11 is 0. The van der Waals surface area contributed by atoms with E-state index in [-0.39, 0.29) is 31.0 Å². The summed E-state index contributed by atoms with van der Waals surface area (Å²) in [7, 11) is 0. The molecule has 1 N–H and O–H groups in total. The quantitative estimate of drug-likeness (QED) is 0.166. The Morgan fingerprint density at radius 3 is 1.87 bits per heavy atom. The lowest BCUT2D eigenvalue weighted by molar-refractivity contribution is -0.161. The minimum absolute atomic E-state index is 0.0243. The van der Waals surface area contributed by atoms with E-state index in [0.29, 0.717) is 53.8 Å². The van der Waals surface area contributed by atoms with Crippen molar-refractivity contribution in [2.24, 2.45) is 5.41 Å². The van der Waals surface area contributed by atoms with Gasteiger partial charge in [-0.25, -0.2) is 9.48 Å². The Labute approximate surface area is 309 Å². The van der Waals surface area contributed by atoms with Crippen LogP contribution in [-0.4, -0.2) is 62.6 Å². The largest absolute Gasteiger partial charge is 0.465 e. The lowest BCUT2D eigenvalue weighted by atomic mass is 9.77. The normalized spacial score (nSPS) is 19.6. The minimum atomic E-state index is -4.45. The first-order valence-electron chi connectivity index (χ1n) is 18.1. The summed E-state index contributed by atoms with van der Waals surface area (Å²) in [6.45, 7) is 0.865. The van der Waals surface area contributed by atoms with Crippen LogP contribution in [0.15, 0.2) is 128 Å². The van der Waals surface area contributed by atoms with Gasteiger partial charge in [-0.15, -0.1) is 0 Å². The molecule has 1 aliphatic carbocycles. The van der Waals surface area contributed by atoms with Gasteiger partial charge in [0.25, 0.3) is 0 Å². The molecule has 4 aromatic carbocycles. The second kappa shape index (κ2) is 12.3. The molecule has 0 bridgehead atoms. The molecule has 2 aliphatic heterocycles. The highest BCUT2D eigenvalue weighted by atomic mass is 19.4. The van der Waals surface area contributed by atoms with Crippen LogP contribution in [0, 0.1) is 5.41 Å². The van der Waals surface area contributed by atoms with Gasteiger partial charge in [0.15, 0.2) is 0 Å². The average molecular weight is 728 g/mol. The van der Waals surface area contributed by atoms with E-state index in [1.54, 1.807) is 11.0 Å². The molecular formula is C43H36F3N5O3. The van der Waals surface area contributed by atoms with Gasteiger partial charge in [0, 0.05) is 42.5 Å². The first-order valence-corrected chi connectivity index (χ1v) is 18.1. The zero-order valence-corrected chi connectivity index (χ0v) is 29.2. The van der Waals surface area contributed by atoms with Crippen molar-refractivity contribution < 1.29 is 27.9 Å². The van der Waals surface area contributed by atoms with Crippen LogP contribution in [-0.2, 0) is 15.7 Å². The van der Waals surface area contributed by atoms with E-state index in [0.717, 1.165) is 16.7 Å². The van der Waals surface area contributed by atoms with Crippen LogP contribution in [0.2, 0.25) is 0 Å². The van der Waals surface area contributed by atoms with Crippen molar-refractivity contribution in [2.75, 3.05) is 24.5 Å². The molecule has 1 saturated carbocycles. The number of halogens is 3. The van der Waals surface area contributed by atoms with Crippen LogP contribution in [0.5, 0.6) is 0 Å². The lowest BCUT2D eigenvalue weighted by Crippen LogP contribution is -2.38. The molecule has 4 heterocycles. The molecule has 1 unspecified atom stereocenters. The zero-order chi connectivity index (χ0) is 37.3. The topological polar surface area (TPSA) is 91.6 Å². The Balaban J connectivity index is 1.29. The Hall–Kier alpha value is -5.97. The van der Waals surface area contributed by atoms with E-state index >= 15 is 0 Å². The third-order valence-corrected chi connectivity index (χ3v) is 11.8. The first kappa shape index (κ1) is 33.8. The van der Waals surface area contributed by atoms with E-state index in [9.17, 15) is 27.9 Å². The maximum Gasteiger partial charge on any atom is 0.407 e. The Morgan fingerprint density at radius 2 is 1.33 bits per heavy atom. The van der Waals surface area contributed by atoms with Crippen molar-refractivity contribution in [3.8, 4) is 11.3 Å². The molecule has 2 amide bonds. The number of carboxylic acid groups (broad SMARTS) is 1. The Morgan fingerprint density at radius 1 is 0.741 bits per heavy atom. The fourth-order valence-electron chi connectivity index (χ4n) is 8.78. The van der Waals surface area contributed by atoms with Gasteiger partial charge in [0.05, 0.1) is 16.6 Å². The smallest absolute Gasteiger partial charge is 0.407 e. The van der Waals surface area contributed by atoms with Gasteiger partial charge in [-0.05, 0) is 72.7 Å². The summed E-state index contributed by atoms with van der Waals surface area (Å²) in [6.07, 6.45) is -3.14. The monoisotopic (exact) mass is 727 g/mol. The number of pyridine rings is 1. The van der Waals surface area contributed by atoms with Gasteiger partial charge in [-0.3, -0.25) is 9.78 Å². The number of carbonyl (C=O) groups is 2. The third-order valence-electron chi connectivity index (χ3n) is 11.8. The van der Waals surface area contributed by atoms with Crippen LogP contribution in [0.3, 0.4) is 0 Å². The van der Waals surface area contributed by atoms with Gasteiger partial charge >= 0.3 is 12.3 Å². The highest BCUT2D eigenvalue weighted by molar-refractivity contribution is 6.04. The summed E-state index contributed by atoms with van der Waals surface area (Å²) in [5.74, 6) is -0.126. The predicted octanol–water partition coefficient (Wildman–Crippen LogP) is 8.64. The third kappa shape index (κ3) is 5.04. The van der Waals surface area contributed by atoms with E-state index < -0.39 is 28.6 Å². The molecule has 272 valence electrons. The molecule has 6 aromatic rings. The Kier molecular flexibility index (Phi) is 7.70. The highest BCUT2D eigenvalue weighted by Gasteiger charge is 2.65. The van der Waals surface area contributed by atoms with E-state index in [2.05, 4.69) is 41.4 Å². The molecule has 3 aliphatic rings. The number of hydrogen-bond donors (Lipinski definition) is 1. The number of carbonyl (C=O) groups excluding carboxylic acids is 1. The van der Waals surface area contributed by atoms with Crippen molar-refractivity contribution in [3.63, 3.8) is 0 Å². The summed E-state index contributed by atoms with van der Waals surface area (Å²) < 4.78 is 45.2. The SMILES string of the molecule is O=C(O)N1CCC2(CCN(c3ccc4c(c3)c(-c3ccnc(C5(C(F)(F)F)CC5)c3)nn4C(c3ccccc3)(c3ccccc3)c3ccccc3)C2=O)C1. The van der Waals surface area contributed by atoms with E-state index in [4.69, 9.17) is 5.10 Å². The van der Waals surface area contributed by atoms with Gasteiger partial charge in [-0.2, -0.15) is 18.3 Å². The number of fused-ring (bicyclic) bond motifs is 1. The van der Waals surface area contributed by atoms with E-state index in [1.165, 1.54) is 17.2 Å². The van der Waals surface area contributed by atoms with Crippen LogP contribution in [0.1, 0.15) is 48.1 Å². The number of rotatable bonds is 7. The molecule has 11 heteroatoms. The first-order chi connectivity index (χ1) is 26.1. The second-order valence-electron chi connectivity index (χ2n) is 14.7. The molecule has 9 rings (SSSR count). The van der Waals surface area contributed by atoms with Crippen molar-refractivity contribution in [1.29, 1.82) is 0 Å². The summed E-state index contributed by atoms with van der Waals surface area (Å²) in [4.78, 5) is 33.2. The molecule has 1 spiro atoms. The molecular weight excluding hydrogens is 691 g/mol. The van der Waals surface area contributed by atoms with Crippen LogP contribution >= 0.6 is 0 Å². The van der Waals surface area contributed by atoms with Crippen molar-refractivity contribution in [2.45, 2.75) is 42.8 Å². The van der Waals surface area contributed by atoms with Crippen molar-refractivity contribution >= 4 is 28.6 Å². The molecule has 54 heavy (non-hydrogen) atoms. The zero-order valence-electron chi connectivity index (χ0n) is 29.2. The van der Waals surface area contributed by atoms with Gasteiger partial charge in [0.1, 0.15) is 16.6 Å². The number of hydrogen-bond acceptors (Lipinski definition) is 4. The lowest BCUT2D eigenvalue weighted by Gasteiger charge is -2.37. The molecule has 2 saturated heterocycles. The summed E-state index contributed by atoms with van der Waals surface area (Å²) in [5, 5.41) is 15.7. The molecule has 1 atom stereocenters. The Bertz CT molecular complexity index is 2300. The summed E-state index contributed by atoms with van der Waals surface area (Å²) in [5.41, 5.74) is 1.19. The standard InChI is InChI=1S/C43H36F3N5O3/c44-43(45,46)41(19-20-41)36-26-29(18-23-47-36)37-34-27-33(50-25-22-40(38(50)52)21-24-49(28-40)39(53)54)16-17-35(34)51(48-37)42(30-10-4-1-5-11-30,31-12-6-2-7-13-31)32-14-8-3-9-15-32/h1-18,23,26-27H,19-22,24-25,28H2,(H,53,54). The van der Waals surface area contributed by atoms with Gasteiger partial charge in [0.2, 0.25) is 5.91 Å². The minimum Gasteiger partial charge on any atom is -0.465 e. The van der Waals surface area contributed by atoms with Crippen LogP contribution in [0.4, 0.5) is 23.7 Å². The maximum absolute atomic E-state index is 14.4. The number of anilines is 1. The van der Waals surface area contributed by atoms with E-state index in [1.807, 2.05) is 77.5 Å². The molecule has 3 fully saturated rings. The highest BCUT2D eigenvalue weighted by Crippen LogP contribution is 2.58. The van der Waals surface area contributed by atoms with Gasteiger partial charge < -0.3 is 14.9 Å². The number of alkyl halides is 3. The number of likely N-dealkylation sites (tertiary alicyclic amines) is 1. The fraction of sp³-hybridized carbons (Fsp3) is 0.256. The molecule has 2 aromatic heterocycles. The van der Waals surface area contributed by atoms with Crippen molar-refractivity contribution in [1.82, 2.24) is 19.7 Å². The number of aromatic nitrogens is 3. The van der Waals surface area contributed by atoms with Crippen molar-refractivity contribution in [3.05, 3.63) is 150 Å². The average Bonchev–Trinajstić information content (AvgIpc) is 3.65. The second-order valence-corrected chi connectivity index (χ2v) is 14.7. The van der Waals surface area contributed by atoms with Crippen LogP contribution in [0.25, 0.3) is 22.2 Å². The number of nitrogens with zero attached hydrogens (tertiary/aromatic N) is 5. The number of benzene rings is 4. The molecule has 8 nitrogen and oxygen atoms in total. The van der Waals surface area contributed by atoms with Gasteiger partial charge in [-0.1, -0.05) is 91.0 Å².